The van der Waals surface area contributed by atoms with Crippen LogP contribution >= 0.6 is 0 Å². The maximum Gasteiger partial charge on any atom is 0.267 e. The van der Waals surface area contributed by atoms with Crippen molar-refractivity contribution in [3.8, 4) is 0 Å². The fourth-order valence-electron chi connectivity index (χ4n) is 4.51. The van der Waals surface area contributed by atoms with Crippen LogP contribution in [0.15, 0.2) is 17.2 Å². The summed E-state index contributed by atoms with van der Waals surface area (Å²) in [5.74, 6) is 0.850. The largest absolute Gasteiger partial charge is 0.377 e. The Kier molecular flexibility index (Phi) is 4.60. The predicted octanol–water partition coefficient (Wildman–Crippen LogP) is 0.952. The molecule has 2 aromatic heterocycles. The van der Waals surface area contributed by atoms with E-state index in [1.54, 1.807) is 17.1 Å². The zero-order valence-electron chi connectivity index (χ0n) is 16.2. The minimum absolute atomic E-state index is 0.0348. The zero-order valence-corrected chi connectivity index (χ0v) is 16.2. The lowest BCUT2D eigenvalue weighted by atomic mass is 9.97. The van der Waals surface area contributed by atoms with Crippen molar-refractivity contribution in [3.05, 3.63) is 45.3 Å². The summed E-state index contributed by atoms with van der Waals surface area (Å²) in [5, 5.41) is 8.27. The van der Waals surface area contributed by atoms with Crippen LogP contribution in [0.1, 0.15) is 41.4 Å². The second kappa shape index (κ2) is 7.25. The minimum atomic E-state index is -0.133. The Bertz CT molecular complexity index is 943. The van der Waals surface area contributed by atoms with Crippen molar-refractivity contribution < 1.29 is 4.74 Å². The molecule has 2 unspecified atom stereocenters. The van der Waals surface area contributed by atoms with Crippen molar-refractivity contribution in [1.29, 1.82) is 0 Å². The van der Waals surface area contributed by atoms with E-state index in [0.717, 1.165) is 73.5 Å². The van der Waals surface area contributed by atoms with Crippen LogP contribution < -0.4 is 10.9 Å². The highest BCUT2D eigenvalue weighted by molar-refractivity contribution is 5.48. The molecule has 1 aliphatic carbocycles. The summed E-state index contributed by atoms with van der Waals surface area (Å²) in [5.41, 5.74) is 4.40. The van der Waals surface area contributed by atoms with Gasteiger partial charge in [0, 0.05) is 31.1 Å². The van der Waals surface area contributed by atoms with E-state index in [0.29, 0.717) is 13.2 Å². The maximum atomic E-state index is 12.7. The molecule has 1 fully saturated rings. The Balaban J connectivity index is 1.44. The molecule has 8 nitrogen and oxygen atoms in total. The summed E-state index contributed by atoms with van der Waals surface area (Å²) in [7, 11) is 2.11. The molecule has 28 heavy (non-hydrogen) atoms. The van der Waals surface area contributed by atoms with Gasteiger partial charge in [-0.3, -0.25) is 4.79 Å². The molecule has 1 saturated heterocycles. The summed E-state index contributed by atoms with van der Waals surface area (Å²) in [4.78, 5) is 24.0. The summed E-state index contributed by atoms with van der Waals surface area (Å²) >= 11 is 0. The highest BCUT2D eigenvalue weighted by Crippen LogP contribution is 2.27. The number of rotatable bonds is 3. The molecule has 3 aliphatic rings. The van der Waals surface area contributed by atoms with Crippen molar-refractivity contribution in [3.63, 3.8) is 0 Å². The molecule has 2 aliphatic heterocycles. The van der Waals surface area contributed by atoms with Crippen LogP contribution in [0.2, 0.25) is 0 Å². The lowest BCUT2D eigenvalue weighted by molar-refractivity contribution is 0.182. The molecule has 2 aromatic rings. The monoisotopic (exact) mass is 382 g/mol. The highest BCUT2D eigenvalue weighted by Gasteiger charge is 2.33. The summed E-state index contributed by atoms with van der Waals surface area (Å²) < 4.78 is 7.38. The third-order valence-corrected chi connectivity index (χ3v) is 6.11. The van der Waals surface area contributed by atoms with Gasteiger partial charge in [-0.1, -0.05) is 0 Å². The van der Waals surface area contributed by atoms with Crippen LogP contribution in [0.4, 0.5) is 5.82 Å². The molecule has 0 saturated carbocycles. The second-order valence-electron chi connectivity index (χ2n) is 8.10. The van der Waals surface area contributed by atoms with Crippen LogP contribution in [0.3, 0.4) is 0 Å². The van der Waals surface area contributed by atoms with Crippen molar-refractivity contribution in [2.24, 2.45) is 0 Å². The number of likely N-dealkylation sites (N-methyl/N-ethyl adjacent to an activating group) is 1. The molecule has 148 valence electrons. The first kappa shape index (κ1) is 17.8. The van der Waals surface area contributed by atoms with Gasteiger partial charge in [-0.2, -0.15) is 5.10 Å². The SMILES string of the molecule is CN1CCc2ncnc(NC3COCC3n3nc4c(cc3=O)CCCC4)c2C1. The number of fused-ring (bicyclic) bond motifs is 2. The predicted molar refractivity (Wildman–Crippen MR) is 104 cm³/mol. The summed E-state index contributed by atoms with van der Waals surface area (Å²) in [6.07, 6.45) is 6.75. The average Bonchev–Trinajstić information content (AvgIpc) is 3.16. The molecule has 0 bridgehead atoms. The standard InChI is InChI=1S/C20H26N6O2/c1-25-7-6-16-14(9-25)20(22-12-21-16)23-17-10-28-11-18(17)26-19(27)8-13-4-2-3-5-15(13)24-26/h8,12,17-18H,2-7,9-11H2,1H3,(H,21,22,23). The van der Waals surface area contributed by atoms with E-state index >= 15 is 0 Å². The first-order valence-electron chi connectivity index (χ1n) is 10.2. The Hall–Kier alpha value is -2.32. The van der Waals surface area contributed by atoms with Gasteiger partial charge in [0.25, 0.3) is 5.56 Å². The van der Waals surface area contributed by atoms with Crippen LogP contribution in [0.25, 0.3) is 0 Å². The molecular weight excluding hydrogens is 356 g/mol. The minimum Gasteiger partial charge on any atom is -0.377 e. The van der Waals surface area contributed by atoms with Crippen LogP contribution in [-0.2, 0) is 30.5 Å². The van der Waals surface area contributed by atoms with Gasteiger partial charge in [0.2, 0.25) is 0 Å². The molecule has 2 atom stereocenters. The van der Waals surface area contributed by atoms with E-state index in [9.17, 15) is 4.79 Å². The van der Waals surface area contributed by atoms with Gasteiger partial charge in [-0.15, -0.1) is 0 Å². The molecule has 1 N–H and O–H groups in total. The normalized spacial score (nSPS) is 24.6. The Labute approximate surface area is 163 Å². The average molecular weight is 382 g/mol. The molecular formula is C20H26N6O2. The van der Waals surface area contributed by atoms with Crippen molar-refractivity contribution in [2.75, 3.05) is 32.1 Å². The Morgan fingerprint density at radius 1 is 1.14 bits per heavy atom. The van der Waals surface area contributed by atoms with Crippen molar-refractivity contribution in [1.82, 2.24) is 24.6 Å². The van der Waals surface area contributed by atoms with E-state index < -0.39 is 0 Å². The molecule has 0 radical (unpaired) electrons. The topological polar surface area (TPSA) is 85.2 Å². The van der Waals surface area contributed by atoms with E-state index in [1.165, 1.54) is 0 Å². The number of anilines is 1. The lowest BCUT2D eigenvalue weighted by Gasteiger charge is -2.28. The third kappa shape index (κ3) is 3.20. The van der Waals surface area contributed by atoms with E-state index in [1.807, 2.05) is 0 Å². The molecule has 0 spiro atoms. The van der Waals surface area contributed by atoms with E-state index in [2.05, 4.69) is 27.2 Å². The van der Waals surface area contributed by atoms with Gasteiger partial charge in [0.1, 0.15) is 18.2 Å². The smallest absolute Gasteiger partial charge is 0.267 e. The lowest BCUT2D eigenvalue weighted by Crippen LogP contribution is -2.39. The second-order valence-corrected chi connectivity index (χ2v) is 8.10. The van der Waals surface area contributed by atoms with E-state index in [4.69, 9.17) is 9.84 Å². The molecule has 0 aromatic carbocycles. The number of nitrogens with one attached hydrogen (secondary N) is 1. The third-order valence-electron chi connectivity index (χ3n) is 6.11. The fraction of sp³-hybridized carbons (Fsp3) is 0.600. The number of nitrogens with zero attached hydrogens (tertiary/aromatic N) is 5. The van der Waals surface area contributed by atoms with Crippen molar-refractivity contribution in [2.45, 2.75) is 50.7 Å². The van der Waals surface area contributed by atoms with Crippen LogP contribution in [0, 0.1) is 0 Å². The summed E-state index contributed by atoms with van der Waals surface area (Å²) in [6, 6.07) is 1.60. The number of ether oxygens (including phenoxy) is 1. The van der Waals surface area contributed by atoms with Gasteiger partial charge in [0.05, 0.1) is 30.6 Å². The quantitative estimate of drug-likeness (QED) is 0.846. The Morgan fingerprint density at radius 2 is 2.04 bits per heavy atom. The van der Waals surface area contributed by atoms with Gasteiger partial charge >= 0.3 is 0 Å². The molecule has 8 heteroatoms. The molecule has 5 rings (SSSR count). The maximum absolute atomic E-state index is 12.7. The van der Waals surface area contributed by atoms with Gasteiger partial charge in [-0.25, -0.2) is 14.6 Å². The summed E-state index contributed by atoms with van der Waals surface area (Å²) in [6.45, 7) is 2.85. The molecule has 0 amide bonds. The number of hydrogen-bond donors (Lipinski definition) is 1. The van der Waals surface area contributed by atoms with Gasteiger partial charge in [-0.05, 0) is 38.3 Å². The number of hydrogen-bond acceptors (Lipinski definition) is 7. The van der Waals surface area contributed by atoms with E-state index in [-0.39, 0.29) is 17.6 Å². The highest BCUT2D eigenvalue weighted by atomic mass is 16.5. The van der Waals surface area contributed by atoms with Gasteiger partial charge < -0.3 is 15.0 Å². The fourth-order valence-corrected chi connectivity index (χ4v) is 4.51. The van der Waals surface area contributed by atoms with Crippen LogP contribution in [-0.4, -0.2) is 57.5 Å². The van der Waals surface area contributed by atoms with Crippen molar-refractivity contribution >= 4 is 5.82 Å². The zero-order chi connectivity index (χ0) is 19.1. The molecule has 4 heterocycles. The first-order valence-corrected chi connectivity index (χ1v) is 10.2. The first-order chi connectivity index (χ1) is 13.7. The number of aromatic nitrogens is 4. The number of aryl methyl sites for hydroxylation is 2. The van der Waals surface area contributed by atoms with Gasteiger partial charge in [0.15, 0.2) is 0 Å². The van der Waals surface area contributed by atoms with Crippen LogP contribution in [0.5, 0.6) is 0 Å². The Morgan fingerprint density at radius 3 is 2.96 bits per heavy atom.